The Kier molecular flexibility index (Phi) is 5.62. The van der Waals surface area contributed by atoms with Crippen molar-refractivity contribution >= 4 is 11.6 Å². The van der Waals surface area contributed by atoms with E-state index in [0.717, 1.165) is 24.3 Å². The summed E-state index contributed by atoms with van der Waals surface area (Å²) in [5.74, 6) is 0.00444. The number of hydrogen-bond donors (Lipinski definition) is 2. The third-order valence-corrected chi connectivity index (χ3v) is 3.94. The van der Waals surface area contributed by atoms with Crippen LogP contribution in [0.4, 0.5) is 5.69 Å². The van der Waals surface area contributed by atoms with E-state index in [4.69, 9.17) is 0 Å². The van der Waals surface area contributed by atoms with Gasteiger partial charge < -0.3 is 10.6 Å². The smallest absolute Gasteiger partial charge is 0.253 e. The van der Waals surface area contributed by atoms with Gasteiger partial charge in [0, 0.05) is 24.3 Å². The largest absolute Gasteiger partial charge is 0.382 e. The molecule has 0 aliphatic carbocycles. The number of para-hydroxylation sites is 1. The summed E-state index contributed by atoms with van der Waals surface area (Å²) in [6.07, 6.45) is 2.55. The molecule has 2 rings (SSSR count). The minimum atomic E-state index is 0.00444. The number of hydrogen-bond acceptors (Lipinski definition) is 3. The van der Waals surface area contributed by atoms with Crippen molar-refractivity contribution < 1.29 is 4.79 Å². The topological polar surface area (TPSA) is 44.4 Å². The average molecular weight is 289 g/mol. The summed E-state index contributed by atoms with van der Waals surface area (Å²) >= 11 is 0. The Bertz CT molecular complexity index is 467. The Morgan fingerprint density at radius 2 is 1.86 bits per heavy atom. The number of carbonyl (C=O) groups excluding carboxylic acids is 1. The summed E-state index contributed by atoms with van der Waals surface area (Å²) in [7, 11) is 0. The van der Waals surface area contributed by atoms with Gasteiger partial charge >= 0.3 is 0 Å². The van der Waals surface area contributed by atoms with Crippen LogP contribution in [0.1, 0.15) is 44.0 Å². The number of amides is 1. The molecular formula is C17H27N3O. The van der Waals surface area contributed by atoms with E-state index in [1.54, 1.807) is 0 Å². The fourth-order valence-corrected chi connectivity index (χ4v) is 2.77. The Morgan fingerprint density at radius 3 is 2.52 bits per heavy atom. The van der Waals surface area contributed by atoms with E-state index >= 15 is 0 Å². The van der Waals surface area contributed by atoms with Gasteiger partial charge in [-0.1, -0.05) is 12.1 Å². The maximum absolute atomic E-state index is 12.4. The molecule has 4 nitrogen and oxygen atoms in total. The molecule has 1 fully saturated rings. The standard InChI is InChI=1S/C17H27N3O/c1-13(2)19-16-9-5-4-8-15(16)17(21)18-12-14(3)20-10-6-7-11-20/h4-5,8-9,13-14,19H,6-7,10-12H2,1-3H3,(H,18,21). The Hall–Kier alpha value is -1.55. The van der Waals surface area contributed by atoms with Crippen LogP contribution in [0.3, 0.4) is 0 Å². The van der Waals surface area contributed by atoms with E-state index in [-0.39, 0.29) is 5.91 Å². The lowest BCUT2D eigenvalue weighted by Gasteiger charge is -2.24. The molecule has 0 radical (unpaired) electrons. The lowest BCUT2D eigenvalue weighted by molar-refractivity contribution is 0.0941. The quantitative estimate of drug-likeness (QED) is 0.846. The van der Waals surface area contributed by atoms with E-state index in [1.807, 2.05) is 24.3 Å². The van der Waals surface area contributed by atoms with Crippen LogP contribution in [-0.4, -0.2) is 42.5 Å². The van der Waals surface area contributed by atoms with Gasteiger partial charge in [-0.15, -0.1) is 0 Å². The number of nitrogens with one attached hydrogen (secondary N) is 2. The van der Waals surface area contributed by atoms with Crippen LogP contribution in [0.25, 0.3) is 0 Å². The predicted molar refractivity (Wildman–Crippen MR) is 87.8 cm³/mol. The summed E-state index contributed by atoms with van der Waals surface area (Å²) in [6.45, 7) is 9.35. The lowest BCUT2D eigenvalue weighted by Crippen LogP contribution is -2.40. The molecule has 0 aromatic heterocycles. The van der Waals surface area contributed by atoms with Crippen molar-refractivity contribution in [3.8, 4) is 0 Å². The molecule has 1 unspecified atom stereocenters. The molecule has 1 aromatic carbocycles. The lowest BCUT2D eigenvalue weighted by atomic mass is 10.1. The first-order chi connectivity index (χ1) is 10.1. The third kappa shape index (κ3) is 4.46. The fraction of sp³-hybridized carbons (Fsp3) is 0.588. The third-order valence-electron chi connectivity index (χ3n) is 3.94. The Labute approximate surface area is 127 Å². The number of benzene rings is 1. The van der Waals surface area contributed by atoms with Crippen LogP contribution in [0.2, 0.25) is 0 Å². The molecular weight excluding hydrogens is 262 g/mol. The first kappa shape index (κ1) is 15.8. The minimum absolute atomic E-state index is 0.00444. The van der Waals surface area contributed by atoms with Crippen molar-refractivity contribution in [2.24, 2.45) is 0 Å². The molecule has 1 aliphatic rings. The van der Waals surface area contributed by atoms with Gasteiger partial charge in [0.05, 0.1) is 5.56 Å². The molecule has 0 saturated carbocycles. The monoisotopic (exact) mass is 289 g/mol. The van der Waals surface area contributed by atoms with E-state index in [9.17, 15) is 4.79 Å². The molecule has 1 atom stereocenters. The highest BCUT2D eigenvalue weighted by Gasteiger charge is 2.19. The van der Waals surface area contributed by atoms with Gasteiger partial charge in [0.25, 0.3) is 5.91 Å². The molecule has 21 heavy (non-hydrogen) atoms. The second-order valence-electron chi connectivity index (χ2n) is 6.15. The van der Waals surface area contributed by atoms with Crippen molar-refractivity contribution in [1.29, 1.82) is 0 Å². The first-order valence-corrected chi connectivity index (χ1v) is 7.95. The molecule has 2 N–H and O–H groups in total. The summed E-state index contributed by atoms with van der Waals surface area (Å²) in [5, 5.41) is 6.39. The molecule has 1 aromatic rings. The number of rotatable bonds is 6. The van der Waals surface area contributed by atoms with Gasteiger partial charge in [-0.2, -0.15) is 0 Å². The molecule has 1 amide bonds. The maximum Gasteiger partial charge on any atom is 0.253 e. The number of carbonyl (C=O) groups is 1. The van der Waals surface area contributed by atoms with Gasteiger partial charge in [0.1, 0.15) is 0 Å². The zero-order valence-corrected chi connectivity index (χ0v) is 13.4. The molecule has 116 valence electrons. The molecule has 4 heteroatoms. The highest BCUT2D eigenvalue weighted by Crippen LogP contribution is 2.16. The van der Waals surface area contributed by atoms with Crippen LogP contribution < -0.4 is 10.6 Å². The predicted octanol–water partition coefficient (Wildman–Crippen LogP) is 2.72. The van der Waals surface area contributed by atoms with Gasteiger partial charge in [-0.25, -0.2) is 0 Å². The molecule has 0 bridgehead atoms. The van der Waals surface area contributed by atoms with Gasteiger partial charge in [-0.3, -0.25) is 9.69 Å². The van der Waals surface area contributed by atoms with E-state index in [1.165, 1.54) is 12.8 Å². The number of nitrogens with zero attached hydrogens (tertiary/aromatic N) is 1. The fourth-order valence-electron chi connectivity index (χ4n) is 2.77. The maximum atomic E-state index is 12.4. The average Bonchev–Trinajstić information content (AvgIpc) is 2.98. The number of likely N-dealkylation sites (tertiary alicyclic amines) is 1. The SMILES string of the molecule is CC(C)Nc1ccccc1C(=O)NCC(C)N1CCCC1. The molecule has 0 spiro atoms. The summed E-state index contributed by atoms with van der Waals surface area (Å²) in [6, 6.07) is 8.40. The van der Waals surface area contributed by atoms with E-state index in [2.05, 4.69) is 36.3 Å². The normalized spacial score (nSPS) is 17.0. The van der Waals surface area contributed by atoms with Crippen molar-refractivity contribution in [2.45, 2.75) is 45.7 Å². The zero-order chi connectivity index (χ0) is 15.2. The highest BCUT2D eigenvalue weighted by molar-refractivity contribution is 5.99. The summed E-state index contributed by atoms with van der Waals surface area (Å²) < 4.78 is 0. The van der Waals surface area contributed by atoms with E-state index in [0.29, 0.717) is 18.6 Å². The highest BCUT2D eigenvalue weighted by atomic mass is 16.1. The van der Waals surface area contributed by atoms with Crippen LogP contribution >= 0.6 is 0 Å². The molecule has 1 saturated heterocycles. The van der Waals surface area contributed by atoms with Crippen molar-refractivity contribution in [2.75, 3.05) is 25.0 Å². The second-order valence-corrected chi connectivity index (χ2v) is 6.15. The molecule has 1 heterocycles. The Morgan fingerprint density at radius 1 is 1.19 bits per heavy atom. The van der Waals surface area contributed by atoms with Gasteiger partial charge in [0.2, 0.25) is 0 Å². The zero-order valence-electron chi connectivity index (χ0n) is 13.4. The van der Waals surface area contributed by atoms with Crippen molar-refractivity contribution in [3.05, 3.63) is 29.8 Å². The van der Waals surface area contributed by atoms with Crippen LogP contribution in [0.15, 0.2) is 24.3 Å². The van der Waals surface area contributed by atoms with Gasteiger partial charge in [-0.05, 0) is 58.8 Å². The van der Waals surface area contributed by atoms with Crippen LogP contribution in [-0.2, 0) is 0 Å². The number of anilines is 1. The van der Waals surface area contributed by atoms with Gasteiger partial charge in [0.15, 0.2) is 0 Å². The second kappa shape index (κ2) is 7.46. The first-order valence-electron chi connectivity index (χ1n) is 7.95. The van der Waals surface area contributed by atoms with Crippen LogP contribution in [0, 0.1) is 0 Å². The molecule has 1 aliphatic heterocycles. The summed E-state index contributed by atoms with van der Waals surface area (Å²) in [4.78, 5) is 14.8. The van der Waals surface area contributed by atoms with Crippen LogP contribution in [0.5, 0.6) is 0 Å². The summed E-state index contributed by atoms with van der Waals surface area (Å²) in [5.41, 5.74) is 1.62. The minimum Gasteiger partial charge on any atom is -0.382 e. The van der Waals surface area contributed by atoms with E-state index < -0.39 is 0 Å². The van der Waals surface area contributed by atoms with Crippen molar-refractivity contribution in [1.82, 2.24) is 10.2 Å². The Balaban J connectivity index is 1.93. The van der Waals surface area contributed by atoms with Crippen molar-refractivity contribution in [3.63, 3.8) is 0 Å².